The molecule has 6 heteroatoms. The van der Waals surface area contributed by atoms with Crippen molar-refractivity contribution in [3.05, 3.63) is 0 Å². The number of hydrogen-bond acceptors (Lipinski definition) is 4. The lowest BCUT2D eigenvalue weighted by Crippen LogP contribution is -2.53. The number of rotatable bonds is 5. The molecule has 2 aliphatic rings. The molecule has 2 fully saturated rings. The van der Waals surface area contributed by atoms with Gasteiger partial charge in [-0.1, -0.05) is 6.42 Å². The molecule has 0 aromatic rings. The maximum Gasteiger partial charge on any atom is 0.303 e. The van der Waals surface area contributed by atoms with Crippen LogP contribution in [0.25, 0.3) is 0 Å². The van der Waals surface area contributed by atoms with Crippen LogP contribution < -0.4 is 10.6 Å². The summed E-state index contributed by atoms with van der Waals surface area (Å²) in [6.45, 7) is 2.15. The molecule has 1 saturated carbocycles. The predicted molar refractivity (Wildman–Crippen MR) is 64.2 cm³/mol. The van der Waals surface area contributed by atoms with Crippen LogP contribution in [-0.4, -0.2) is 49.3 Å². The maximum absolute atomic E-state index is 11.9. The summed E-state index contributed by atoms with van der Waals surface area (Å²) in [4.78, 5) is 22.7. The second-order valence-electron chi connectivity index (χ2n) is 5.22. The number of aliphatic carboxylic acids is 1. The van der Waals surface area contributed by atoms with Gasteiger partial charge in [0.05, 0.1) is 19.6 Å². The fraction of sp³-hybridized carbons (Fsp3) is 0.833. The van der Waals surface area contributed by atoms with Crippen LogP contribution in [0.1, 0.15) is 25.7 Å². The van der Waals surface area contributed by atoms with Gasteiger partial charge in [-0.15, -0.1) is 0 Å². The van der Waals surface area contributed by atoms with Crippen LogP contribution in [0.3, 0.4) is 0 Å². The summed E-state index contributed by atoms with van der Waals surface area (Å²) in [6.07, 6.45) is 2.96. The van der Waals surface area contributed by atoms with Gasteiger partial charge in [0.15, 0.2) is 0 Å². The normalized spacial score (nSPS) is 26.1. The number of carboxylic acid groups (broad SMARTS) is 1. The third-order valence-corrected chi connectivity index (χ3v) is 3.82. The van der Waals surface area contributed by atoms with Gasteiger partial charge >= 0.3 is 5.97 Å². The minimum atomic E-state index is -0.789. The highest BCUT2D eigenvalue weighted by molar-refractivity contribution is 5.82. The Hall–Kier alpha value is -1.14. The third kappa shape index (κ3) is 3.20. The topological polar surface area (TPSA) is 87.7 Å². The highest BCUT2D eigenvalue weighted by atomic mass is 16.5. The van der Waals surface area contributed by atoms with Gasteiger partial charge in [-0.3, -0.25) is 9.59 Å². The molecule has 1 aliphatic carbocycles. The molecule has 102 valence electrons. The SMILES string of the molecule is O=C(O)CC1(CNC(=O)C2COCCN2)CCC1. The second kappa shape index (κ2) is 5.67. The molecule has 18 heavy (non-hydrogen) atoms. The van der Waals surface area contributed by atoms with Gasteiger partial charge < -0.3 is 20.5 Å². The zero-order chi connectivity index (χ0) is 13.0. The van der Waals surface area contributed by atoms with Crippen LogP contribution in [-0.2, 0) is 14.3 Å². The smallest absolute Gasteiger partial charge is 0.303 e. The maximum atomic E-state index is 11.9. The summed E-state index contributed by atoms with van der Waals surface area (Å²) < 4.78 is 5.22. The number of carboxylic acids is 1. The Labute approximate surface area is 106 Å². The molecule has 0 aromatic carbocycles. The van der Waals surface area contributed by atoms with E-state index in [-0.39, 0.29) is 23.8 Å². The predicted octanol–water partition coefficient (Wildman–Crippen LogP) is -0.264. The first kappa shape index (κ1) is 13.3. The number of carbonyl (C=O) groups excluding carboxylic acids is 1. The minimum Gasteiger partial charge on any atom is -0.481 e. The molecular formula is C12H20N2O4. The van der Waals surface area contributed by atoms with Crippen LogP contribution in [0.15, 0.2) is 0 Å². The fourth-order valence-corrected chi connectivity index (χ4v) is 2.55. The van der Waals surface area contributed by atoms with E-state index in [9.17, 15) is 9.59 Å². The molecule has 6 nitrogen and oxygen atoms in total. The molecule has 0 spiro atoms. The van der Waals surface area contributed by atoms with E-state index in [1.807, 2.05) is 0 Å². The average Bonchev–Trinajstić information content (AvgIpc) is 2.32. The number of hydrogen-bond donors (Lipinski definition) is 3. The monoisotopic (exact) mass is 256 g/mol. The van der Waals surface area contributed by atoms with E-state index in [0.29, 0.717) is 26.3 Å². The van der Waals surface area contributed by atoms with E-state index >= 15 is 0 Å². The van der Waals surface area contributed by atoms with Gasteiger partial charge in [-0.25, -0.2) is 0 Å². The number of morpholine rings is 1. The zero-order valence-electron chi connectivity index (χ0n) is 10.4. The Morgan fingerprint density at radius 1 is 1.44 bits per heavy atom. The first-order valence-electron chi connectivity index (χ1n) is 6.42. The van der Waals surface area contributed by atoms with Gasteiger partial charge in [0.25, 0.3) is 0 Å². The molecule has 1 aliphatic heterocycles. The van der Waals surface area contributed by atoms with Crippen molar-refractivity contribution in [2.45, 2.75) is 31.7 Å². The average molecular weight is 256 g/mol. The van der Waals surface area contributed by atoms with E-state index in [1.54, 1.807) is 0 Å². The molecule has 2 rings (SSSR count). The summed E-state index contributed by atoms with van der Waals surface area (Å²) in [6, 6.07) is -0.305. The van der Waals surface area contributed by atoms with E-state index in [1.165, 1.54) is 0 Å². The summed E-state index contributed by atoms with van der Waals surface area (Å²) in [5, 5.41) is 14.8. The number of carbonyl (C=O) groups is 2. The zero-order valence-corrected chi connectivity index (χ0v) is 10.4. The molecule has 0 radical (unpaired) electrons. The van der Waals surface area contributed by atoms with E-state index in [4.69, 9.17) is 9.84 Å². The van der Waals surface area contributed by atoms with Crippen LogP contribution in [0, 0.1) is 5.41 Å². The van der Waals surface area contributed by atoms with Crippen LogP contribution >= 0.6 is 0 Å². The largest absolute Gasteiger partial charge is 0.481 e. The quantitative estimate of drug-likeness (QED) is 0.630. The molecule has 1 atom stereocenters. The van der Waals surface area contributed by atoms with Crippen molar-refractivity contribution in [1.82, 2.24) is 10.6 Å². The molecule has 0 bridgehead atoms. The van der Waals surface area contributed by atoms with Crippen LogP contribution in [0.5, 0.6) is 0 Å². The van der Waals surface area contributed by atoms with Gasteiger partial charge in [0.2, 0.25) is 5.91 Å². The Balaban J connectivity index is 1.78. The molecule has 1 saturated heterocycles. The van der Waals surface area contributed by atoms with Crippen LogP contribution in [0.2, 0.25) is 0 Å². The van der Waals surface area contributed by atoms with Crippen molar-refractivity contribution in [3.8, 4) is 0 Å². The Bertz CT molecular complexity index is 322. The molecular weight excluding hydrogens is 236 g/mol. The highest BCUT2D eigenvalue weighted by Crippen LogP contribution is 2.43. The summed E-state index contributed by atoms with van der Waals surface area (Å²) in [5.41, 5.74) is -0.225. The van der Waals surface area contributed by atoms with Crippen molar-refractivity contribution in [3.63, 3.8) is 0 Å². The molecule has 1 amide bonds. The molecule has 1 heterocycles. The lowest BCUT2D eigenvalue weighted by molar-refractivity contribution is -0.142. The lowest BCUT2D eigenvalue weighted by atomic mass is 9.66. The molecule has 1 unspecified atom stereocenters. The first-order valence-corrected chi connectivity index (χ1v) is 6.42. The van der Waals surface area contributed by atoms with Crippen molar-refractivity contribution in [2.24, 2.45) is 5.41 Å². The van der Waals surface area contributed by atoms with Crippen LogP contribution in [0.4, 0.5) is 0 Å². The van der Waals surface area contributed by atoms with Gasteiger partial charge in [-0.2, -0.15) is 0 Å². The Morgan fingerprint density at radius 3 is 2.72 bits per heavy atom. The van der Waals surface area contributed by atoms with Gasteiger partial charge in [-0.05, 0) is 18.3 Å². The molecule has 3 N–H and O–H groups in total. The van der Waals surface area contributed by atoms with Crippen molar-refractivity contribution < 1.29 is 19.4 Å². The van der Waals surface area contributed by atoms with Gasteiger partial charge in [0.1, 0.15) is 6.04 Å². The van der Waals surface area contributed by atoms with Crippen molar-refractivity contribution >= 4 is 11.9 Å². The molecule has 0 aromatic heterocycles. The van der Waals surface area contributed by atoms with E-state index in [0.717, 1.165) is 19.3 Å². The van der Waals surface area contributed by atoms with Crippen molar-refractivity contribution in [1.29, 1.82) is 0 Å². The summed E-state index contributed by atoms with van der Waals surface area (Å²) >= 11 is 0. The number of amides is 1. The number of ether oxygens (including phenoxy) is 1. The Kier molecular flexibility index (Phi) is 4.19. The van der Waals surface area contributed by atoms with E-state index < -0.39 is 5.97 Å². The number of nitrogens with one attached hydrogen (secondary N) is 2. The third-order valence-electron chi connectivity index (χ3n) is 3.82. The summed E-state index contributed by atoms with van der Waals surface area (Å²) in [5.74, 6) is -0.880. The Morgan fingerprint density at radius 2 is 2.22 bits per heavy atom. The summed E-state index contributed by atoms with van der Waals surface area (Å²) in [7, 11) is 0. The standard InChI is InChI=1S/C12H20N2O4/c15-10(16)6-12(2-1-3-12)8-14-11(17)9-7-18-5-4-13-9/h9,13H,1-8H2,(H,14,17)(H,15,16). The van der Waals surface area contributed by atoms with Crippen molar-refractivity contribution in [2.75, 3.05) is 26.3 Å². The minimum absolute atomic E-state index is 0.0913. The fourth-order valence-electron chi connectivity index (χ4n) is 2.55. The van der Waals surface area contributed by atoms with E-state index in [2.05, 4.69) is 10.6 Å². The lowest BCUT2D eigenvalue weighted by Gasteiger charge is -2.41. The first-order chi connectivity index (χ1) is 8.61. The van der Waals surface area contributed by atoms with Gasteiger partial charge in [0, 0.05) is 13.1 Å². The second-order valence-corrected chi connectivity index (χ2v) is 5.22. The highest BCUT2D eigenvalue weighted by Gasteiger charge is 2.39.